The number of anilines is 4. The molecule has 0 bridgehead atoms. The first-order valence-electron chi connectivity index (χ1n) is 30.2. The van der Waals surface area contributed by atoms with Gasteiger partial charge in [0.1, 0.15) is 29.6 Å². The third-order valence-corrected chi connectivity index (χ3v) is 17.0. The second-order valence-electron chi connectivity index (χ2n) is 24.0. The summed E-state index contributed by atoms with van der Waals surface area (Å²) in [7, 11) is -1.26. The van der Waals surface area contributed by atoms with Crippen LogP contribution in [0, 0.1) is 46.9 Å². The second kappa shape index (κ2) is 36.7. The number of nitrogens with two attached hydrogens (primary N) is 4. The van der Waals surface area contributed by atoms with Crippen LogP contribution >= 0.6 is 12.4 Å². The molecule has 0 unspecified atom stereocenters. The average molecular weight is 1270 g/mol. The van der Waals surface area contributed by atoms with Gasteiger partial charge in [0.05, 0.1) is 62.6 Å². The number of nitrogen functional groups attached to an aromatic ring is 3. The van der Waals surface area contributed by atoms with E-state index in [2.05, 4.69) is 57.1 Å². The predicted molar refractivity (Wildman–Crippen MR) is 363 cm³/mol. The minimum absolute atomic E-state index is 0. The summed E-state index contributed by atoms with van der Waals surface area (Å²) in [4.78, 5) is 9.57. The van der Waals surface area contributed by atoms with Crippen molar-refractivity contribution < 1.29 is 57.5 Å². The van der Waals surface area contributed by atoms with Crippen molar-refractivity contribution in [1.29, 1.82) is 0 Å². The first kappa shape index (κ1) is 74.4. The van der Waals surface area contributed by atoms with E-state index >= 15 is 0 Å². The fourth-order valence-electron chi connectivity index (χ4n) is 9.38. The fraction of sp³-hybridized carbons (Fsp3) is 0.319. The Hall–Kier alpha value is -6.31. The molecule has 90 heavy (non-hydrogen) atoms. The van der Waals surface area contributed by atoms with Crippen molar-refractivity contribution in [2.45, 2.75) is 101 Å². The van der Waals surface area contributed by atoms with Gasteiger partial charge in [-0.1, -0.05) is 146 Å². The Morgan fingerprint density at radius 2 is 0.811 bits per heavy atom. The van der Waals surface area contributed by atoms with Crippen molar-refractivity contribution in [2.75, 3.05) is 42.2 Å². The molecule has 12 rings (SSSR count). The van der Waals surface area contributed by atoms with E-state index in [9.17, 15) is 26.6 Å². The summed E-state index contributed by atoms with van der Waals surface area (Å²) in [5.74, 6) is 1.40. The smallest absolute Gasteiger partial charge is 1.00 e. The van der Waals surface area contributed by atoms with E-state index in [1.807, 2.05) is 124 Å². The van der Waals surface area contributed by atoms with Crippen LogP contribution in [0.3, 0.4) is 0 Å². The molecule has 10 nitrogen and oxygen atoms in total. The molecule has 5 atom stereocenters. The Balaban J connectivity index is 0.000000250. The molecular weight excluding hydrogens is 1190 g/mol. The minimum Gasteiger partial charge on any atom is -1.00 e. The van der Waals surface area contributed by atoms with Gasteiger partial charge in [-0.3, -0.25) is 0 Å². The number of halogens is 5. The normalized spacial score (nSPS) is 15.5. The summed E-state index contributed by atoms with van der Waals surface area (Å²) in [6, 6.07) is 59.2. The predicted octanol–water partition coefficient (Wildman–Crippen LogP) is 12.0. The Bertz CT molecular complexity index is 3470. The summed E-state index contributed by atoms with van der Waals surface area (Å²) in [6.45, 7) is 8.61. The van der Waals surface area contributed by atoms with Crippen LogP contribution < -0.4 is 73.2 Å². The van der Waals surface area contributed by atoms with Crippen LogP contribution in [0.1, 0.15) is 142 Å². The van der Waals surface area contributed by atoms with Gasteiger partial charge in [-0.15, -0.1) is 12.4 Å². The van der Waals surface area contributed by atoms with E-state index in [4.69, 9.17) is 22.9 Å². The maximum absolute atomic E-state index is 14.1. The van der Waals surface area contributed by atoms with E-state index in [1.54, 1.807) is 36.4 Å². The van der Waals surface area contributed by atoms with Gasteiger partial charge in [0.15, 0.2) is 0 Å². The van der Waals surface area contributed by atoms with Crippen molar-refractivity contribution in [3.05, 3.63) is 262 Å². The van der Waals surface area contributed by atoms with Gasteiger partial charge < -0.3 is 45.1 Å². The van der Waals surface area contributed by atoms with Crippen molar-refractivity contribution in [1.82, 2.24) is 15.4 Å². The average Bonchev–Trinajstić information content (AvgIpc) is 2.32. The monoisotopic (exact) mass is 1270 g/mol. The maximum Gasteiger partial charge on any atom is 1.00 e. The number of rotatable bonds is 20. The molecule has 0 spiro atoms. The summed E-state index contributed by atoms with van der Waals surface area (Å²) < 4.78 is 69.1. The van der Waals surface area contributed by atoms with E-state index in [0.29, 0.717) is 11.6 Å². The third-order valence-electron chi connectivity index (χ3n) is 15.5. The van der Waals surface area contributed by atoms with Crippen LogP contribution in [-0.2, 0) is 15.8 Å². The molecule has 4 aliphatic rings. The molecule has 4 aliphatic carbocycles. The van der Waals surface area contributed by atoms with Crippen molar-refractivity contribution in [3.63, 3.8) is 0 Å². The van der Waals surface area contributed by atoms with E-state index in [-0.39, 0.29) is 105 Å². The summed E-state index contributed by atoms with van der Waals surface area (Å²) in [5, 5.41) is 10.6. The number of hydrogen-bond acceptors (Lipinski definition) is 9. The van der Waals surface area contributed by atoms with Gasteiger partial charge in [-0.25, -0.2) is 26.5 Å². The van der Waals surface area contributed by atoms with Crippen LogP contribution in [0.5, 0.6) is 0 Å². The number of benzene rings is 8. The van der Waals surface area contributed by atoms with Crippen molar-refractivity contribution in [3.8, 4) is 0 Å². The first-order chi connectivity index (χ1) is 41.9. The summed E-state index contributed by atoms with van der Waals surface area (Å²) in [5.41, 5.74) is 32.1. The topological polar surface area (TPSA) is 186 Å². The Morgan fingerprint density at radius 1 is 0.478 bits per heavy atom. The quantitative estimate of drug-likeness (QED) is 0.0159. The Morgan fingerprint density at radius 3 is 1.17 bits per heavy atom. The zero-order chi connectivity index (χ0) is 61.9. The van der Waals surface area contributed by atoms with Crippen LogP contribution in [0.15, 0.2) is 194 Å². The molecule has 4 fully saturated rings. The molecule has 471 valence electrons. The molecular formula is C72H86BClF4N8NaO2S. The minimum atomic E-state index is -1.26. The van der Waals surface area contributed by atoms with E-state index in [1.165, 1.54) is 67.9 Å². The van der Waals surface area contributed by atoms with Gasteiger partial charge in [0, 0.05) is 20.9 Å². The molecule has 3 radical (unpaired) electrons. The van der Waals surface area contributed by atoms with E-state index in [0.717, 1.165) is 89.9 Å². The Labute approximate surface area is 564 Å². The first-order valence-corrected chi connectivity index (χ1v) is 31.3. The maximum atomic E-state index is 14.1. The zero-order valence-corrected chi connectivity index (χ0v) is 55.6. The molecule has 8 aromatic carbocycles. The summed E-state index contributed by atoms with van der Waals surface area (Å²) >= 11 is 0. The molecule has 0 aromatic heterocycles. The Kier molecular flexibility index (Phi) is 30.3. The number of carbonyl (C=O) groups is 1. The standard InChI is InChI=1S/C21H25FN2.C17H21FN2OS.C17H19FN2.C13H13FN2.C4H6O.B.ClH.Na.H/c22-19-11-10-18(12-20(19)23-13-15-6-7-15)21(24-14-16-8-9-16)17-4-2-1-3-5-17;1-17(2,3)22(21)20-16(12-7-5-4-6-8-12)13-9-10-14(18)15(19)11-13;18-15-9-8-14(10-16(15)19)17(20-11-12-6-7-12)13-4-2-1-3-5-13;14-11-7-6-10(8-12(11)15)13(16)9-4-2-1-3-5-9;5-3-4-1-2-4;;;;/h1-5,10-12,15-16,21,23-24H,6-9,13-14H2;4-11,16,20H,19H2,1-3H3;1-5,8-10,12,17,20H,6-7,11,19H2;1-8,13H,15-16H2;3-4H,1-2H2;;1H;;/q;;;;;;;+1;-1/t21-;16-,22-;17-;13-;;;;;/m1111...../s1. The number of aldehydes is 1. The number of hydrogen-bond donors (Lipinski definition) is 8. The van der Waals surface area contributed by atoms with Crippen LogP contribution in [0.2, 0.25) is 0 Å². The molecule has 12 N–H and O–H groups in total. The molecule has 0 saturated heterocycles. The van der Waals surface area contributed by atoms with Gasteiger partial charge >= 0.3 is 29.6 Å². The van der Waals surface area contributed by atoms with Crippen LogP contribution in [0.25, 0.3) is 0 Å². The van der Waals surface area contributed by atoms with Gasteiger partial charge in [-0.2, -0.15) is 0 Å². The van der Waals surface area contributed by atoms with Gasteiger partial charge in [0.2, 0.25) is 0 Å². The molecule has 8 aromatic rings. The number of nitrogens with one attached hydrogen (secondary N) is 4. The van der Waals surface area contributed by atoms with Crippen molar-refractivity contribution in [2.24, 2.45) is 29.4 Å². The molecule has 4 saturated carbocycles. The van der Waals surface area contributed by atoms with Crippen LogP contribution in [-0.4, -0.2) is 43.3 Å². The van der Waals surface area contributed by atoms with E-state index < -0.39 is 27.4 Å². The largest absolute Gasteiger partial charge is 1.00 e. The third kappa shape index (κ3) is 24.1. The zero-order valence-electron chi connectivity index (χ0n) is 53.0. The van der Waals surface area contributed by atoms with Crippen LogP contribution in [0.4, 0.5) is 40.3 Å². The molecule has 0 aliphatic heterocycles. The molecule has 0 heterocycles. The summed E-state index contributed by atoms with van der Waals surface area (Å²) in [6.07, 6.45) is 11.1. The van der Waals surface area contributed by atoms with Gasteiger partial charge in [-0.05, 0) is 196 Å². The fourth-order valence-corrected chi connectivity index (χ4v) is 10.2. The molecule has 0 amide bonds. The number of carbonyl (C=O) groups excluding carboxylic acids is 1. The second-order valence-corrected chi connectivity index (χ2v) is 26.0. The van der Waals surface area contributed by atoms with Gasteiger partial charge in [0.25, 0.3) is 0 Å². The van der Waals surface area contributed by atoms with Crippen molar-refractivity contribution >= 4 is 60.8 Å². The SMILES string of the molecule is CC(C)(C)[S@@](=O)N[C@H](c1ccccc1)c1ccc(F)c(N)c1.Cl.Fc1ccc([C@H](NCC2CC2)c2ccccc2)cc1NCC1CC1.Nc1cc([C@H](N)c2ccccc2)ccc1F.Nc1cc([C@H](NCC2CC2)c2ccccc2)ccc1F.O=CC1CC1.[B].[H-].[Na+]. The molecule has 18 heteroatoms.